The van der Waals surface area contributed by atoms with Gasteiger partial charge in [-0.05, 0) is 108 Å². The van der Waals surface area contributed by atoms with Crippen LogP contribution in [0.15, 0.2) is 24.3 Å². The van der Waals surface area contributed by atoms with E-state index >= 15 is 0 Å². The minimum Gasteiger partial charge on any atom is -0.392 e. The largest absolute Gasteiger partial charge is 0.392 e. The van der Waals surface area contributed by atoms with Gasteiger partial charge in [-0.2, -0.15) is 0 Å². The summed E-state index contributed by atoms with van der Waals surface area (Å²) >= 11 is 2.34. The van der Waals surface area contributed by atoms with Crippen molar-refractivity contribution in [2.75, 3.05) is 0 Å². The van der Waals surface area contributed by atoms with Crippen LogP contribution in [0.5, 0.6) is 0 Å². The molecule has 0 saturated heterocycles. The van der Waals surface area contributed by atoms with Gasteiger partial charge in [-0.1, -0.05) is 12.1 Å². The van der Waals surface area contributed by atoms with Crippen LogP contribution in [0.25, 0.3) is 0 Å². The summed E-state index contributed by atoms with van der Waals surface area (Å²) in [7, 11) is 0. The highest BCUT2D eigenvalue weighted by Crippen LogP contribution is 2.61. The normalized spacial score (nSPS) is 40.0. The molecule has 4 bridgehead atoms. The second-order valence-electron chi connectivity index (χ2n) is 7.63. The molecule has 1 unspecified atom stereocenters. The van der Waals surface area contributed by atoms with Gasteiger partial charge in [0.15, 0.2) is 0 Å². The van der Waals surface area contributed by atoms with Gasteiger partial charge in [0, 0.05) is 3.57 Å². The predicted molar refractivity (Wildman–Crippen MR) is 89.5 cm³/mol. The van der Waals surface area contributed by atoms with Crippen LogP contribution in [0, 0.1) is 26.7 Å². The fourth-order valence-corrected chi connectivity index (χ4v) is 6.01. The summed E-state index contributed by atoms with van der Waals surface area (Å²) in [6, 6.07) is 8.68. The molecular formula is C18H23IO. The van der Waals surface area contributed by atoms with E-state index in [9.17, 15) is 5.11 Å². The molecule has 108 valence electrons. The van der Waals surface area contributed by atoms with Crippen molar-refractivity contribution in [3.05, 3.63) is 33.4 Å². The Morgan fingerprint density at radius 1 is 1.00 bits per heavy atom. The van der Waals surface area contributed by atoms with Crippen LogP contribution >= 0.6 is 22.6 Å². The second kappa shape index (κ2) is 4.98. The summed E-state index contributed by atoms with van der Waals surface area (Å²) in [5.41, 5.74) is 1.56. The number of aliphatic hydroxyl groups is 1. The Hall–Kier alpha value is -0.0900. The maximum atomic E-state index is 10.9. The van der Waals surface area contributed by atoms with Gasteiger partial charge in [-0.15, -0.1) is 0 Å². The molecule has 0 amide bonds. The molecule has 4 saturated carbocycles. The van der Waals surface area contributed by atoms with Gasteiger partial charge in [0.1, 0.15) is 0 Å². The third-order valence-corrected chi connectivity index (χ3v) is 6.85. The van der Waals surface area contributed by atoms with Crippen molar-refractivity contribution in [1.29, 1.82) is 0 Å². The smallest absolute Gasteiger partial charge is 0.0637 e. The van der Waals surface area contributed by atoms with Crippen molar-refractivity contribution in [3.63, 3.8) is 0 Å². The molecule has 0 aromatic heterocycles. The van der Waals surface area contributed by atoms with Crippen LogP contribution in [0.4, 0.5) is 0 Å². The van der Waals surface area contributed by atoms with Crippen molar-refractivity contribution in [2.45, 2.75) is 51.0 Å². The SMILES string of the molecule is OC(Cc1ccc(I)cc1)C12CC3CC(CC(C3)C1)C2. The van der Waals surface area contributed by atoms with Gasteiger partial charge in [-0.25, -0.2) is 0 Å². The average molecular weight is 382 g/mol. The molecule has 4 aliphatic rings. The van der Waals surface area contributed by atoms with Crippen molar-refractivity contribution in [2.24, 2.45) is 23.2 Å². The first kappa shape index (κ1) is 13.6. The highest BCUT2D eigenvalue weighted by Gasteiger charge is 2.53. The Kier molecular flexibility index (Phi) is 3.38. The van der Waals surface area contributed by atoms with Gasteiger partial charge in [0.05, 0.1) is 6.10 Å². The maximum Gasteiger partial charge on any atom is 0.0637 e. The first-order valence-corrected chi connectivity index (χ1v) is 9.13. The topological polar surface area (TPSA) is 20.2 Å². The van der Waals surface area contributed by atoms with Gasteiger partial charge < -0.3 is 5.11 Å². The van der Waals surface area contributed by atoms with E-state index < -0.39 is 0 Å². The zero-order chi connectivity index (χ0) is 13.7. The van der Waals surface area contributed by atoms with Gasteiger partial charge >= 0.3 is 0 Å². The van der Waals surface area contributed by atoms with Crippen LogP contribution in [0.2, 0.25) is 0 Å². The summed E-state index contributed by atoms with van der Waals surface area (Å²) < 4.78 is 1.27. The summed E-state index contributed by atoms with van der Waals surface area (Å²) in [5, 5.41) is 10.9. The molecule has 0 radical (unpaired) electrons. The van der Waals surface area contributed by atoms with Gasteiger partial charge in [0.2, 0.25) is 0 Å². The van der Waals surface area contributed by atoms with Crippen LogP contribution in [-0.2, 0) is 6.42 Å². The summed E-state index contributed by atoms with van der Waals surface area (Å²) in [5.74, 6) is 2.77. The number of hydrogen-bond donors (Lipinski definition) is 1. The quantitative estimate of drug-likeness (QED) is 0.768. The lowest BCUT2D eigenvalue weighted by Gasteiger charge is -2.58. The molecule has 1 N–H and O–H groups in total. The fraction of sp³-hybridized carbons (Fsp3) is 0.667. The lowest BCUT2D eigenvalue weighted by molar-refractivity contribution is -0.119. The Labute approximate surface area is 135 Å². The van der Waals surface area contributed by atoms with Crippen molar-refractivity contribution in [3.8, 4) is 0 Å². The number of benzene rings is 1. The molecule has 1 atom stereocenters. The van der Waals surface area contributed by atoms with Crippen molar-refractivity contribution >= 4 is 22.6 Å². The summed E-state index contributed by atoms with van der Waals surface area (Å²) in [6.45, 7) is 0. The van der Waals surface area contributed by atoms with E-state index in [1.165, 1.54) is 47.7 Å². The maximum absolute atomic E-state index is 10.9. The Bertz CT molecular complexity index is 457. The lowest BCUT2D eigenvalue weighted by Crippen LogP contribution is -2.52. The fourth-order valence-electron chi connectivity index (χ4n) is 5.65. The first-order chi connectivity index (χ1) is 9.63. The molecule has 1 nitrogen and oxygen atoms in total. The zero-order valence-corrected chi connectivity index (χ0v) is 14.1. The molecule has 0 heterocycles. The third-order valence-electron chi connectivity index (χ3n) is 6.13. The average Bonchev–Trinajstić information content (AvgIpc) is 2.40. The van der Waals surface area contributed by atoms with Crippen LogP contribution < -0.4 is 0 Å². The lowest BCUT2D eigenvalue weighted by atomic mass is 9.48. The monoisotopic (exact) mass is 382 g/mol. The number of halogens is 1. The van der Waals surface area contributed by atoms with E-state index in [2.05, 4.69) is 46.9 Å². The number of aliphatic hydroxyl groups excluding tert-OH is 1. The van der Waals surface area contributed by atoms with E-state index in [1.54, 1.807) is 0 Å². The molecule has 4 fully saturated rings. The first-order valence-electron chi connectivity index (χ1n) is 8.05. The molecule has 0 aliphatic heterocycles. The summed E-state index contributed by atoms with van der Waals surface area (Å²) in [6.07, 6.45) is 8.97. The van der Waals surface area contributed by atoms with Gasteiger partial charge in [0.25, 0.3) is 0 Å². The molecule has 5 rings (SSSR count). The van der Waals surface area contributed by atoms with E-state index in [4.69, 9.17) is 0 Å². The van der Waals surface area contributed by atoms with E-state index in [0.29, 0.717) is 0 Å². The van der Waals surface area contributed by atoms with E-state index in [-0.39, 0.29) is 11.5 Å². The van der Waals surface area contributed by atoms with Crippen molar-refractivity contribution < 1.29 is 5.11 Å². The number of hydrogen-bond acceptors (Lipinski definition) is 1. The minimum atomic E-state index is -0.129. The molecule has 1 aromatic rings. The second-order valence-corrected chi connectivity index (χ2v) is 8.87. The Balaban J connectivity index is 1.53. The minimum absolute atomic E-state index is 0.129. The molecule has 2 heteroatoms. The molecule has 1 aromatic carbocycles. The van der Waals surface area contributed by atoms with Crippen LogP contribution in [-0.4, -0.2) is 11.2 Å². The molecule has 20 heavy (non-hydrogen) atoms. The van der Waals surface area contributed by atoms with Crippen LogP contribution in [0.1, 0.15) is 44.1 Å². The molecular weight excluding hydrogens is 359 g/mol. The van der Waals surface area contributed by atoms with E-state index in [0.717, 1.165) is 24.2 Å². The summed E-state index contributed by atoms with van der Waals surface area (Å²) in [4.78, 5) is 0. The van der Waals surface area contributed by atoms with Crippen molar-refractivity contribution in [1.82, 2.24) is 0 Å². The predicted octanol–water partition coefficient (Wildman–Crippen LogP) is 4.41. The standard InChI is InChI=1S/C18H23IO/c19-16-3-1-12(2-4-16)8-17(20)18-9-13-5-14(10-18)7-15(6-13)11-18/h1-4,13-15,17,20H,5-11H2. The van der Waals surface area contributed by atoms with E-state index in [1.807, 2.05) is 0 Å². The highest BCUT2D eigenvalue weighted by atomic mass is 127. The zero-order valence-electron chi connectivity index (χ0n) is 11.9. The number of rotatable bonds is 3. The van der Waals surface area contributed by atoms with Gasteiger partial charge in [-0.3, -0.25) is 0 Å². The Morgan fingerprint density at radius 3 is 2.00 bits per heavy atom. The third kappa shape index (κ3) is 2.33. The Morgan fingerprint density at radius 2 is 1.50 bits per heavy atom. The molecule has 4 aliphatic carbocycles. The molecule has 0 spiro atoms. The highest BCUT2D eigenvalue weighted by molar-refractivity contribution is 14.1. The van der Waals surface area contributed by atoms with Crippen LogP contribution in [0.3, 0.4) is 0 Å².